The van der Waals surface area contributed by atoms with Crippen molar-refractivity contribution in [1.29, 1.82) is 0 Å². The summed E-state index contributed by atoms with van der Waals surface area (Å²) in [6.45, 7) is 0. The van der Waals surface area contributed by atoms with Crippen LogP contribution in [-0.4, -0.2) is 7.11 Å². The Balaban J connectivity index is 2.14. The van der Waals surface area contributed by atoms with Crippen molar-refractivity contribution >= 4 is 28.3 Å². The molecule has 0 saturated heterocycles. The molecule has 0 spiro atoms. The highest BCUT2D eigenvalue weighted by Gasteiger charge is 2.10. The Kier molecular flexibility index (Phi) is 2.84. The Morgan fingerprint density at radius 1 is 1.16 bits per heavy atom. The number of furan rings is 1. The van der Waals surface area contributed by atoms with E-state index >= 15 is 0 Å². The Morgan fingerprint density at radius 2 is 2.00 bits per heavy atom. The van der Waals surface area contributed by atoms with Crippen LogP contribution in [0, 0.1) is 0 Å². The molecule has 96 valence electrons. The molecule has 4 heteroatoms. The summed E-state index contributed by atoms with van der Waals surface area (Å²) in [6, 6.07) is 13.2. The molecule has 2 N–H and O–H groups in total. The van der Waals surface area contributed by atoms with E-state index in [0.29, 0.717) is 22.0 Å². The minimum absolute atomic E-state index is 0.576. The SMILES string of the molecule is COc1ccc(-c2cc3cccc(Cl)c3o2)cc1N. The first-order valence-electron chi connectivity index (χ1n) is 5.81. The average Bonchev–Trinajstić information content (AvgIpc) is 2.84. The number of ether oxygens (including phenoxy) is 1. The largest absolute Gasteiger partial charge is 0.495 e. The fourth-order valence-electron chi connectivity index (χ4n) is 2.06. The summed E-state index contributed by atoms with van der Waals surface area (Å²) in [5.41, 5.74) is 8.06. The fourth-order valence-corrected chi connectivity index (χ4v) is 2.28. The number of benzene rings is 2. The number of hydrogen-bond donors (Lipinski definition) is 1. The van der Waals surface area contributed by atoms with Gasteiger partial charge in [0.25, 0.3) is 0 Å². The van der Waals surface area contributed by atoms with Gasteiger partial charge in [-0.05, 0) is 30.3 Å². The van der Waals surface area contributed by atoms with E-state index in [1.54, 1.807) is 13.2 Å². The summed E-state index contributed by atoms with van der Waals surface area (Å²) >= 11 is 6.10. The molecule has 0 bridgehead atoms. The topological polar surface area (TPSA) is 48.4 Å². The Bertz CT molecular complexity index is 749. The number of hydrogen-bond acceptors (Lipinski definition) is 3. The molecule has 3 nitrogen and oxygen atoms in total. The molecular weight excluding hydrogens is 262 g/mol. The van der Waals surface area contributed by atoms with Crippen molar-refractivity contribution in [3.05, 3.63) is 47.5 Å². The monoisotopic (exact) mass is 273 g/mol. The molecule has 0 atom stereocenters. The van der Waals surface area contributed by atoms with Gasteiger partial charge in [-0.1, -0.05) is 23.7 Å². The summed E-state index contributed by atoms with van der Waals surface area (Å²) < 4.78 is 10.9. The van der Waals surface area contributed by atoms with Crippen molar-refractivity contribution in [1.82, 2.24) is 0 Å². The molecule has 3 rings (SSSR count). The minimum Gasteiger partial charge on any atom is -0.495 e. The van der Waals surface area contributed by atoms with Crippen LogP contribution in [0.1, 0.15) is 0 Å². The Labute approximate surface area is 115 Å². The zero-order valence-corrected chi connectivity index (χ0v) is 11.1. The van der Waals surface area contributed by atoms with E-state index in [1.165, 1.54) is 0 Å². The molecule has 0 amide bonds. The zero-order valence-electron chi connectivity index (χ0n) is 10.3. The number of halogens is 1. The van der Waals surface area contributed by atoms with Crippen LogP contribution in [0.5, 0.6) is 5.75 Å². The molecule has 0 aliphatic heterocycles. The van der Waals surface area contributed by atoms with Crippen molar-refractivity contribution in [2.75, 3.05) is 12.8 Å². The van der Waals surface area contributed by atoms with E-state index in [9.17, 15) is 0 Å². The molecular formula is C15H12ClNO2. The molecule has 3 aromatic rings. The van der Waals surface area contributed by atoms with Crippen LogP contribution in [0.4, 0.5) is 5.69 Å². The lowest BCUT2D eigenvalue weighted by Gasteiger charge is -2.05. The van der Waals surface area contributed by atoms with Crippen molar-refractivity contribution in [3.63, 3.8) is 0 Å². The third-order valence-electron chi connectivity index (χ3n) is 3.01. The third-order valence-corrected chi connectivity index (χ3v) is 3.31. The average molecular weight is 274 g/mol. The maximum atomic E-state index is 6.10. The first kappa shape index (κ1) is 11.9. The van der Waals surface area contributed by atoms with Crippen molar-refractivity contribution in [2.24, 2.45) is 0 Å². The van der Waals surface area contributed by atoms with Gasteiger partial charge in [0, 0.05) is 10.9 Å². The van der Waals surface area contributed by atoms with Crippen molar-refractivity contribution < 1.29 is 9.15 Å². The number of para-hydroxylation sites is 1. The predicted molar refractivity (Wildman–Crippen MR) is 77.6 cm³/mol. The second kappa shape index (κ2) is 4.52. The number of methoxy groups -OCH3 is 1. The number of rotatable bonds is 2. The number of anilines is 1. The summed E-state index contributed by atoms with van der Waals surface area (Å²) in [5.74, 6) is 1.38. The van der Waals surface area contributed by atoms with Crippen LogP contribution in [0.3, 0.4) is 0 Å². The number of fused-ring (bicyclic) bond motifs is 1. The van der Waals surface area contributed by atoms with Crippen molar-refractivity contribution in [2.45, 2.75) is 0 Å². The fraction of sp³-hybridized carbons (Fsp3) is 0.0667. The lowest BCUT2D eigenvalue weighted by Crippen LogP contribution is -1.92. The normalized spacial score (nSPS) is 10.8. The van der Waals surface area contributed by atoms with E-state index in [2.05, 4.69) is 0 Å². The number of nitrogens with two attached hydrogens (primary N) is 1. The second-order valence-electron chi connectivity index (χ2n) is 4.23. The molecule has 0 saturated carbocycles. The quantitative estimate of drug-likeness (QED) is 0.707. The lowest BCUT2D eigenvalue weighted by atomic mass is 10.1. The van der Waals surface area contributed by atoms with Gasteiger partial charge >= 0.3 is 0 Å². The van der Waals surface area contributed by atoms with Gasteiger partial charge in [-0.3, -0.25) is 0 Å². The molecule has 1 aromatic heterocycles. The van der Waals surface area contributed by atoms with E-state index in [1.807, 2.05) is 36.4 Å². The Hall–Kier alpha value is -2.13. The third kappa shape index (κ3) is 2.02. The van der Waals surface area contributed by atoms with Gasteiger partial charge in [0.1, 0.15) is 11.5 Å². The second-order valence-corrected chi connectivity index (χ2v) is 4.63. The van der Waals surface area contributed by atoms with Gasteiger partial charge in [-0.15, -0.1) is 0 Å². The predicted octanol–water partition coefficient (Wildman–Crippen LogP) is 4.34. The van der Waals surface area contributed by atoms with Gasteiger partial charge in [0.15, 0.2) is 5.58 Å². The van der Waals surface area contributed by atoms with Crippen LogP contribution in [0.15, 0.2) is 46.9 Å². The molecule has 0 unspecified atom stereocenters. The summed E-state index contributed by atoms with van der Waals surface area (Å²) in [5, 5.41) is 1.57. The van der Waals surface area contributed by atoms with E-state index in [0.717, 1.165) is 16.7 Å². The van der Waals surface area contributed by atoms with Crippen molar-refractivity contribution in [3.8, 4) is 17.1 Å². The smallest absolute Gasteiger partial charge is 0.153 e. The van der Waals surface area contributed by atoms with Gasteiger partial charge in [0.2, 0.25) is 0 Å². The van der Waals surface area contributed by atoms with Crippen LogP contribution in [-0.2, 0) is 0 Å². The molecule has 0 aliphatic carbocycles. The van der Waals surface area contributed by atoms with E-state index in [-0.39, 0.29) is 0 Å². The summed E-state index contributed by atoms with van der Waals surface area (Å²) in [6.07, 6.45) is 0. The lowest BCUT2D eigenvalue weighted by molar-refractivity contribution is 0.417. The van der Waals surface area contributed by atoms with Gasteiger partial charge < -0.3 is 14.9 Å². The van der Waals surface area contributed by atoms with Crippen LogP contribution in [0.2, 0.25) is 5.02 Å². The summed E-state index contributed by atoms with van der Waals surface area (Å²) in [7, 11) is 1.59. The highest BCUT2D eigenvalue weighted by Crippen LogP contribution is 2.34. The summed E-state index contributed by atoms with van der Waals surface area (Å²) in [4.78, 5) is 0. The van der Waals surface area contributed by atoms with Gasteiger partial charge in [-0.2, -0.15) is 0 Å². The van der Waals surface area contributed by atoms with Crippen LogP contribution in [0.25, 0.3) is 22.3 Å². The molecule has 0 aliphatic rings. The molecule has 0 radical (unpaired) electrons. The number of nitrogen functional groups attached to an aromatic ring is 1. The van der Waals surface area contributed by atoms with E-state index in [4.69, 9.17) is 26.5 Å². The highest BCUT2D eigenvalue weighted by atomic mass is 35.5. The van der Waals surface area contributed by atoms with Crippen LogP contribution >= 0.6 is 11.6 Å². The van der Waals surface area contributed by atoms with Gasteiger partial charge in [-0.25, -0.2) is 0 Å². The first-order valence-corrected chi connectivity index (χ1v) is 6.19. The molecule has 1 heterocycles. The molecule has 19 heavy (non-hydrogen) atoms. The molecule has 0 fully saturated rings. The van der Waals surface area contributed by atoms with E-state index < -0.39 is 0 Å². The Morgan fingerprint density at radius 3 is 2.68 bits per heavy atom. The molecule has 2 aromatic carbocycles. The zero-order chi connectivity index (χ0) is 13.4. The standard InChI is InChI=1S/C15H12ClNO2/c1-18-13-6-5-9(7-12(13)17)14-8-10-3-2-4-11(16)15(10)19-14/h2-8H,17H2,1H3. The maximum absolute atomic E-state index is 6.10. The first-order chi connectivity index (χ1) is 9.19. The minimum atomic E-state index is 0.576. The van der Waals surface area contributed by atoms with Crippen LogP contribution < -0.4 is 10.5 Å². The highest BCUT2D eigenvalue weighted by molar-refractivity contribution is 6.34. The maximum Gasteiger partial charge on any atom is 0.153 e. The van der Waals surface area contributed by atoms with Gasteiger partial charge in [0.05, 0.1) is 17.8 Å².